The minimum Gasteiger partial charge on any atom is -0.478 e. The van der Waals surface area contributed by atoms with Crippen molar-refractivity contribution in [2.45, 2.75) is 19.8 Å². The normalized spacial score (nSPS) is 10.1. The smallest absolute Gasteiger partial charge is 0.213 e. The molecule has 88 valence electrons. The molecule has 0 atom stereocenters. The van der Waals surface area contributed by atoms with Crippen molar-refractivity contribution in [2.24, 2.45) is 0 Å². The number of methoxy groups -OCH3 is 1. The Morgan fingerprint density at radius 2 is 2.25 bits per heavy atom. The van der Waals surface area contributed by atoms with E-state index in [9.17, 15) is 4.79 Å². The van der Waals surface area contributed by atoms with Crippen LogP contribution in [-0.2, 0) is 9.53 Å². The van der Waals surface area contributed by atoms with Gasteiger partial charge in [-0.15, -0.1) is 0 Å². The average Bonchev–Trinajstić information content (AvgIpc) is 2.27. The Bertz CT molecular complexity index is 322. The van der Waals surface area contributed by atoms with Crippen LogP contribution < -0.4 is 4.74 Å². The molecule has 0 aromatic carbocycles. The lowest BCUT2D eigenvalue weighted by Gasteiger charge is -2.04. The van der Waals surface area contributed by atoms with Crippen molar-refractivity contribution < 1.29 is 14.3 Å². The molecule has 0 saturated carbocycles. The van der Waals surface area contributed by atoms with Crippen LogP contribution in [0, 0.1) is 6.92 Å². The number of carbonyl (C=O) groups excluding carboxylic acids is 1. The highest BCUT2D eigenvalue weighted by Gasteiger charge is 2.01. The second-order valence-corrected chi connectivity index (χ2v) is 3.60. The molecule has 0 bridgehead atoms. The van der Waals surface area contributed by atoms with Gasteiger partial charge in [-0.25, -0.2) is 4.98 Å². The molecule has 0 amide bonds. The summed E-state index contributed by atoms with van der Waals surface area (Å²) in [6.07, 6.45) is 2.93. The van der Waals surface area contributed by atoms with Gasteiger partial charge >= 0.3 is 0 Å². The topological polar surface area (TPSA) is 48.4 Å². The Balaban J connectivity index is 2.16. The number of nitrogens with zero attached hydrogens (tertiary/aromatic N) is 1. The summed E-state index contributed by atoms with van der Waals surface area (Å²) in [6.45, 7) is 2.66. The van der Waals surface area contributed by atoms with Crippen LogP contribution >= 0.6 is 0 Å². The Labute approximate surface area is 95.6 Å². The average molecular weight is 223 g/mol. The third kappa shape index (κ3) is 4.89. The SMILES string of the molecule is COCC(=O)CCCOc1ccc(C)cn1. The number of ketones is 1. The van der Waals surface area contributed by atoms with Gasteiger partial charge in [-0.2, -0.15) is 0 Å². The first-order chi connectivity index (χ1) is 7.72. The van der Waals surface area contributed by atoms with Gasteiger partial charge in [0.25, 0.3) is 0 Å². The van der Waals surface area contributed by atoms with Gasteiger partial charge in [-0.3, -0.25) is 4.79 Å². The van der Waals surface area contributed by atoms with Crippen LogP contribution in [0.3, 0.4) is 0 Å². The number of hydrogen-bond donors (Lipinski definition) is 0. The molecule has 0 fully saturated rings. The lowest BCUT2D eigenvalue weighted by atomic mass is 10.2. The van der Waals surface area contributed by atoms with Crippen LogP contribution in [0.2, 0.25) is 0 Å². The summed E-state index contributed by atoms with van der Waals surface area (Å²) in [4.78, 5) is 15.2. The van der Waals surface area contributed by atoms with E-state index in [4.69, 9.17) is 9.47 Å². The zero-order valence-electron chi connectivity index (χ0n) is 9.73. The number of carbonyl (C=O) groups is 1. The van der Waals surface area contributed by atoms with Crippen molar-refractivity contribution in [1.29, 1.82) is 0 Å². The van der Waals surface area contributed by atoms with E-state index in [1.807, 2.05) is 19.1 Å². The Kier molecular flexibility index (Phi) is 5.50. The number of ether oxygens (including phenoxy) is 2. The van der Waals surface area contributed by atoms with Crippen LogP contribution in [0.1, 0.15) is 18.4 Å². The van der Waals surface area contributed by atoms with E-state index >= 15 is 0 Å². The standard InChI is InChI=1S/C12H17NO3/c1-10-5-6-12(13-8-10)16-7-3-4-11(14)9-15-2/h5-6,8H,3-4,7,9H2,1-2H3. The fourth-order valence-electron chi connectivity index (χ4n) is 1.22. The molecule has 0 unspecified atom stereocenters. The summed E-state index contributed by atoms with van der Waals surface area (Å²) in [6, 6.07) is 3.77. The number of aryl methyl sites for hydroxylation is 1. The van der Waals surface area contributed by atoms with Gasteiger partial charge in [-0.1, -0.05) is 6.07 Å². The van der Waals surface area contributed by atoms with Crippen molar-refractivity contribution in [3.05, 3.63) is 23.9 Å². The summed E-state index contributed by atoms with van der Waals surface area (Å²) < 4.78 is 10.1. The molecular formula is C12H17NO3. The highest BCUT2D eigenvalue weighted by Crippen LogP contribution is 2.07. The van der Waals surface area contributed by atoms with Crippen molar-refractivity contribution in [2.75, 3.05) is 20.3 Å². The highest BCUT2D eigenvalue weighted by molar-refractivity contribution is 5.79. The summed E-state index contributed by atoms with van der Waals surface area (Å²) in [5, 5.41) is 0. The fraction of sp³-hybridized carbons (Fsp3) is 0.500. The van der Waals surface area contributed by atoms with Gasteiger partial charge in [0.1, 0.15) is 6.61 Å². The number of rotatable bonds is 7. The number of hydrogen-bond acceptors (Lipinski definition) is 4. The minimum atomic E-state index is 0.1000. The van der Waals surface area contributed by atoms with Crippen molar-refractivity contribution in [3.8, 4) is 5.88 Å². The molecule has 0 radical (unpaired) electrons. The summed E-state index contributed by atoms with van der Waals surface area (Å²) in [5.41, 5.74) is 1.10. The molecular weight excluding hydrogens is 206 g/mol. The van der Waals surface area contributed by atoms with E-state index < -0.39 is 0 Å². The maximum atomic E-state index is 11.1. The van der Waals surface area contributed by atoms with Gasteiger partial charge in [0.15, 0.2) is 5.78 Å². The Morgan fingerprint density at radius 1 is 1.44 bits per heavy atom. The molecule has 4 heteroatoms. The molecule has 1 heterocycles. The van der Waals surface area contributed by atoms with Gasteiger partial charge in [-0.05, 0) is 18.9 Å². The van der Waals surface area contributed by atoms with E-state index in [2.05, 4.69) is 4.98 Å². The monoisotopic (exact) mass is 223 g/mol. The number of aromatic nitrogens is 1. The van der Waals surface area contributed by atoms with E-state index in [0.29, 0.717) is 25.3 Å². The predicted molar refractivity (Wildman–Crippen MR) is 60.6 cm³/mol. The summed E-state index contributed by atoms with van der Waals surface area (Å²) >= 11 is 0. The van der Waals surface area contributed by atoms with Crippen molar-refractivity contribution in [3.63, 3.8) is 0 Å². The molecule has 0 aliphatic carbocycles. The van der Waals surface area contributed by atoms with Gasteiger partial charge in [0, 0.05) is 25.8 Å². The number of Topliss-reactive ketones (excluding diaryl/α,β-unsaturated/α-hetero) is 1. The fourth-order valence-corrected chi connectivity index (χ4v) is 1.22. The largest absolute Gasteiger partial charge is 0.478 e. The van der Waals surface area contributed by atoms with Crippen LogP contribution in [0.15, 0.2) is 18.3 Å². The second kappa shape index (κ2) is 6.95. The maximum absolute atomic E-state index is 11.1. The Morgan fingerprint density at radius 3 is 2.88 bits per heavy atom. The van der Waals surface area contributed by atoms with E-state index in [1.54, 1.807) is 6.20 Å². The zero-order valence-corrected chi connectivity index (χ0v) is 9.73. The van der Waals surface area contributed by atoms with E-state index in [0.717, 1.165) is 5.56 Å². The van der Waals surface area contributed by atoms with Gasteiger partial charge in [0.05, 0.1) is 6.61 Å². The maximum Gasteiger partial charge on any atom is 0.213 e. The molecule has 0 N–H and O–H groups in total. The molecule has 0 saturated heterocycles. The Hall–Kier alpha value is -1.42. The van der Waals surface area contributed by atoms with Crippen molar-refractivity contribution >= 4 is 5.78 Å². The van der Waals surface area contributed by atoms with Crippen LogP contribution in [0.5, 0.6) is 5.88 Å². The third-order valence-electron chi connectivity index (χ3n) is 2.04. The first kappa shape index (κ1) is 12.6. The van der Waals surface area contributed by atoms with Crippen molar-refractivity contribution in [1.82, 2.24) is 4.98 Å². The van der Waals surface area contributed by atoms with Crippen LogP contribution in [-0.4, -0.2) is 31.1 Å². The second-order valence-electron chi connectivity index (χ2n) is 3.60. The lowest BCUT2D eigenvalue weighted by molar-refractivity contribution is -0.122. The van der Waals surface area contributed by atoms with E-state index in [-0.39, 0.29) is 12.4 Å². The van der Waals surface area contributed by atoms with Crippen LogP contribution in [0.25, 0.3) is 0 Å². The third-order valence-corrected chi connectivity index (χ3v) is 2.04. The molecule has 0 spiro atoms. The first-order valence-electron chi connectivity index (χ1n) is 5.28. The lowest BCUT2D eigenvalue weighted by Crippen LogP contribution is -2.08. The van der Waals surface area contributed by atoms with Gasteiger partial charge in [0.2, 0.25) is 5.88 Å². The molecule has 4 nitrogen and oxygen atoms in total. The quantitative estimate of drug-likeness (QED) is 0.661. The molecule has 1 rings (SSSR count). The minimum absolute atomic E-state index is 0.1000. The molecule has 1 aromatic heterocycles. The first-order valence-corrected chi connectivity index (χ1v) is 5.28. The zero-order chi connectivity index (χ0) is 11.8. The molecule has 0 aliphatic rings. The summed E-state index contributed by atoms with van der Waals surface area (Å²) in [5.74, 6) is 0.702. The summed E-state index contributed by atoms with van der Waals surface area (Å²) in [7, 11) is 1.52. The highest BCUT2D eigenvalue weighted by atomic mass is 16.5. The predicted octanol–water partition coefficient (Wildman–Crippen LogP) is 1.76. The van der Waals surface area contributed by atoms with Crippen LogP contribution in [0.4, 0.5) is 0 Å². The number of pyridine rings is 1. The van der Waals surface area contributed by atoms with E-state index in [1.165, 1.54) is 7.11 Å². The molecule has 1 aromatic rings. The molecule has 16 heavy (non-hydrogen) atoms. The van der Waals surface area contributed by atoms with Gasteiger partial charge < -0.3 is 9.47 Å². The molecule has 0 aliphatic heterocycles.